The minimum atomic E-state index is -0.434. The van der Waals surface area contributed by atoms with Crippen molar-refractivity contribution in [2.24, 2.45) is 5.10 Å². The molecule has 156 valence electrons. The molecular weight excluding hydrogens is 426 g/mol. The van der Waals surface area contributed by atoms with E-state index in [0.717, 1.165) is 26.9 Å². The summed E-state index contributed by atoms with van der Waals surface area (Å²) < 4.78 is 5.78. The normalized spacial score (nSPS) is 11.2. The molecule has 0 saturated heterocycles. The van der Waals surface area contributed by atoms with Crippen LogP contribution in [0.3, 0.4) is 0 Å². The number of nitrogens with one attached hydrogen (secondary N) is 1. The number of furan rings is 1. The molecule has 32 heavy (non-hydrogen) atoms. The number of non-ortho nitro benzene ring substituents is 1. The molecule has 0 spiro atoms. The van der Waals surface area contributed by atoms with Gasteiger partial charge in [0.15, 0.2) is 5.82 Å². The Morgan fingerprint density at radius 3 is 2.59 bits per heavy atom. The van der Waals surface area contributed by atoms with Gasteiger partial charge in [-0.2, -0.15) is 5.10 Å². The molecule has 5 rings (SSSR count). The zero-order chi connectivity index (χ0) is 21.9. The van der Waals surface area contributed by atoms with Crippen LogP contribution >= 0.6 is 11.3 Å². The first-order chi connectivity index (χ1) is 15.7. The summed E-state index contributed by atoms with van der Waals surface area (Å²) in [6, 6.07) is 19.8. The van der Waals surface area contributed by atoms with Crippen LogP contribution in [0, 0.1) is 10.1 Å². The maximum absolute atomic E-state index is 10.8. The number of nitro benzene ring substituents is 1. The fraction of sp³-hybridized carbons (Fsp3) is 0. The Balaban J connectivity index is 1.37. The molecule has 0 amide bonds. The van der Waals surface area contributed by atoms with Gasteiger partial charge in [-0.15, -0.1) is 11.3 Å². The second-order valence-corrected chi connectivity index (χ2v) is 7.65. The number of hydrogen-bond donors (Lipinski definition) is 1. The summed E-state index contributed by atoms with van der Waals surface area (Å²) >= 11 is 1.55. The highest BCUT2D eigenvalue weighted by Gasteiger charge is 2.13. The quantitative estimate of drug-likeness (QED) is 0.198. The second kappa shape index (κ2) is 8.40. The summed E-state index contributed by atoms with van der Waals surface area (Å²) in [4.78, 5) is 20.0. The van der Waals surface area contributed by atoms with Crippen LogP contribution in [0.1, 0.15) is 5.76 Å². The standard InChI is InChI=1S/C23H15N5O3S/c29-28(30)17-8-6-16(7-9-17)20-11-10-18(31-20)12-26-27-22-21-19(15-4-2-1-3-5-15)13-32-23(21)25-14-24-22/h1-14H,(H,24,25,27)/b26-12-. The molecule has 5 aromatic rings. The number of anilines is 1. The van der Waals surface area contributed by atoms with Crippen LogP contribution in [-0.2, 0) is 0 Å². The van der Waals surface area contributed by atoms with Crippen LogP contribution in [-0.4, -0.2) is 21.1 Å². The maximum atomic E-state index is 10.8. The number of hydrogen-bond acceptors (Lipinski definition) is 8. The Hall–Kier alpha value is -4.37. The highest BCUT2D eigenvalue weighted by atomic mass is 32.1. The number of nitro groups is 1. The molecule has 2 aromatic carbocycles. The average Bonchev–Trinajstić information content (AvgIpc) is 3.48. The van der Waals surface area contributed by atoms with Crippen LogP contribution in [0.4, 0.5) is 11.5 Å². The van der Waals surface area contributed by atoms with E-state index in [1.807, 2.05) is 30.3 Å². The summed E-state index contributed by atoms with van der Waals surface area (Å²) in [6.45, 7) is 0. The smallest absolute Gasteiger partial charge is 0.269 e. The number of rotatable bonds is 6. The van der Waals surface area contributed by atoms with E-state index in [-0.39, 0.29) is 5.69 Å². The monoisotopic (exact) mass is 441 g/mol. The van der Waals surface area contributed by atoms with E-state index in [0.29, 0.717) is 17.3 Å². The van der Waals surface area contributed by atoms with Crippen molar-refractivity contribution < 1.29 is 9.34 Å². The Bertz CT molecular complexity index is 1430. The Kier molecular flexibility index (Phi) is 5.14. The number of thiophene rings is 1. The SMILES string of the molecule is O=[N+]([O-])c1ccc(-c2ccc(/C=N\Nc3ncnc4scc(-c5ccccc5)c34)o2)cc1. The van der Waals surface area contributed by atoms with Gasteiger partial charge in [0.05, 0.1) is 16.5 Å². The van der Waals surface area contributed by atoms with E-state index >= 15 is 0 Å². The van der Waals surface area contributed by atoms with Gasteiger partial charge in [0.2, 0.25) is 0 Å². The summed E-state index contributed by atoms with van der Waals surface area (Å²) in [7, 11) is 0. The molecule has 1 N–H and O–H groups in total. The molecule has 0 aliphatic carbocycles. The molecule has 3 aromatic heterocycles. The van der Waals surface area contributed by atoms with Crippen molar-refractivity contribution in [1.29, 1.82) is 0 Å². The largest absolute Gasteiger partial charge is 0.455 e. The molecule has 0 aliphatic heterocycles. The van der Waals surface area contributed by atoms with Crippen molar-refractivity contribution in [2.45, 2.75) is 0 Å². The van der Waals surface area contributed by atoms with E-state index in [1.54, 1.807) is 41.8 Å². The molecule has 0 fully saturated rings. The van der Waals surface area contributed by atoms with Crippen LogP contribution in [0.25, 0.3) is 32.7 Å². The van der Waals surface area contributed by atoms with E-state index in [1.165, 1.54) is 18.5 Å². The van der Waals surface area contributed by atoms with Crippen LogP contribution in [0.15, 0.2) is 88.0 Å². The first kappa shape index (κ1) is 19.6. The van der Waals surface area contributed by atoms with Gasteiger partial charge in [0.25, 0.3) is 5.69 Å². The first-order valence-corrected chi connectivity index (χ1v) is 10.5. The molecule has 0 radical (unpaired) electrons. The molecule has 0 saturated carbocycles. The number of fused-ring (bicyclic) bond motifs is 1. The first-order valence-electron chi connectivity index (χ1n) is 9.60. The van der Waals surface area contributed by atoms with Crippen molar-refractivity contribution in [2.75, 3.05) is 5.43 Å². The van der Waals surface area contributed by atoms with Crippen LogP contribution < -0.4 is 5.43 Å². The Labute approximate surface area is 186 Å². The van der Waals surface area contributed by atoms with Gasteiger partial charge in [-0.25, -0.2) is 9.97 Å². The van der Waals surface area contributed by atoms with Gasteiger partial charge in [-0.05, 0) is 29.8 Å². The van der Waals surface area contributed by atoms with Gasteiger partial charge < -0.3 is 4.42 Å². The molecule has 9 heteroatoms. The lowest BCUT2D eigenvalue weighted by atomic mass is 10.1. The van der Waals surface area contributed by atoms with Crippen molar-refractivity contribution in [1.82, 2.24) is 9.97 Å². The fourth-order valence-electron chi connectivity index (χ4n) is 3.27. The molecule has 0 atom stereocenters. The lowest BCUT2D eigenvalue weighted by molar-refractivity contribution is -0.384. The lowest BCUT2D eigenvalue weighted by Gasteiger charge is -2.04. The van der Waals surface area contributed by atoms with Gasteiger partial charge in [0, 0.05) is 28.6 Å². The van der Waals surface area contributed by atoms with E-state index in [4.69, 9.17) is 4.42 Å². The summed E-state index contributed by atoms with van der Waals surface area (Å²) in [6.07, 6.45) is 3.06. The van der Waals surface area contributed by atoms with E-state index in [2.05, 4.69) is 25.9 Å². The minimum absolute atomic E-state index is 0.0331. The highest BCUT2D eigenvalue weighted by Crippen LogP contribution is 2.36. The number of hydrazone groups is 1. The number of aromatic nitrogens is 2. The highest BCUT2D eigenvalue weighted by molar-refractivity contribution is 7.17. The van der Waals surface area contributed by atoms with Gasteiger partial charge in [-0.3, -0.25) is 15.5 Å². The average molecular weight is 441 g/mol. The minimum Gasteiger partial charge on any atom is -0.455 e. The molecular formula is C23H15N5O3S. The summed E-state index contributed by atoms with van der Waals surface area (Å²) in [5, 5.41) is 18.1. The molecule has 3 heterocycles. The van der Waals surface area contributed by atoms with E-state index in [9.17, 15) is 10.1 Å². The van der Waals surface area contributed by atoms with Crippen LogP contribution in [0.5, 0.6) is 0 Å². The topological polar surface area (TPSA) is 106 Å². The number of benzene rings is 2. The molecule has 0 unspecified atom stereocenters. The fourth-order valence-corrected chi connectivity index (χ4v) is 4.19. The predicted molar refractivity (Wildman–Crippen MR) is 125 cm³/mol. The second-order valence-electron chi connectivity index (χ2n) is 6.79. The number of nitrogens with zero attached hydrogens (tertiary/aromatic N) is 4. The molecule has 0 aliphatic rings. The van der Waals surface area contributed by atoms with Gasteiger partial charge in [-0.1, -0.05) is 30.3 Å². The van der Waals surface area contributed by atoms with Crippen molar-refractivity contribution in [3.63, 3.8) is 0 Å². The Morgan fingerprint density at radius 2 is 1.81 bits per heavy atom. The van der Waals surface area contributed by atoms with E-state index < -0.39 is 4.92 Å². The zero-order valence-electron chi connectivity index (χ0n) is 16.5. The predicted octanol–water partition coefficient (Wildman–Crippen LogP) is 5.97. The third kappa shape index (κ3) is 3.84. The Morgan fingerprint density at radius 1 is 1.00 bits per heavy atom. The van der Waals surface area contributed by atoms with Crippen molar-refractivity contribution in [3.05, 3.63) is 94.3 Å². The van der Waals surface area contributed by atoms with Gasteiger partial charge in [0.1, 0.15) is 22.7 Å². The van der Waals surface area contributed by atoms with Crippen LogP contribution in [0.2, 0.25) is 0 Å². The van der Waals surface area contributed by atoms with Gasteiger partial charge >= 0.3 is 0 Å². The molecule has 8 nitrogen and oxygen atoms in total. The molecule has 0 bridgehead atoms. The lowest BCUT2D eigenvalue weighted by Crippen LogP contribution is -1.95. The third-order valence-electron chi connectivity index (χ3n) is 4.81. The third-order valence-corrected chi connectivity index (χ3v) is 5.69. The zero-order valence-corrected chi connectivity index (χ0v) is 17.3. The van der Waals surface area contributed by atoms with Crippen molar-refractivity contribution in [3.8, 4) is 22.5 Å². The maximum Gasteiger partial charge on any atom is 0.269 e. The summed E-state index contributed by atoms with van der Waals surface area (Å²) in [5.74, 6) is 1.73. The summed E-state index contributed by atoms with van der Waals surface area (Å²) in [5.41, 5.74) is 5.89. The van der Waals surface area contributed by atoms with Crippen molar-refractivity contribution >= 4 is 39.3 Å².